The highest BCUT2D eigenvalue weighted by Gasteiger charge is 2.12. The molecule has 17 heavy (non-hydrogen) atoms. The van der Waals surface area contributed by atoms with E-state index in [0.717, 1.165) is 0 Å². The van der Waals surface area contributed by atoms with E-state index < -0.39 is 10.1 Å². The lowest BCUT2D eigenvalue weighted by atomic mass is 10.3. The minimum atomic E-state index is -4.26. The van der Waals surface area contributed by atoms with E-state index in [1.165, 1.54) is 28.9 Å². The molecule has 0 radical (unpaired) electrons. The molecule has 90 valence electrons. The third kappa shape index (κ3) is 2.29. The fraction of sp³-hybridized carbons (Fsp3) is 0.100. The maximum atomic E-state index is 11.0. The van der Waals surface area contributed by atoms with Gasteiger partial charge in [-0.25, -0.2) is 4.68 Å². The standard InChI is InChI=1S/C10H10N2O4S/c1-7-5-10(13)12(11-7)8-3-2-4-9(6-8)17(14,15)16/h2-6,13H,1H3,(H,14,15,16). The Kier molecular flexibility index (Phi) is 2.64. The lowest BCUT2D eigenvalue weighted by Gasteiger charge is -2.04. The molecule has 0 aliphatic heterocycles. The molecule has 0 saturated carbocycles. The zero-order valence-corrected chi connectivity index (χ0v) is 9.72. The summed E-state index contributed by atoms with van der Waals surface area (Å²) >= 11 is 0. The van der Waals surface area contributed by atoms with Crippen molar-refractivity contribution in [3.8, 4) is 11.6 Å². The van der Waals surface area contributed by atoms with Gasteiger partial charge in [0.2, 0.25) is 5.88 Å². The Morgan fingerprint density at radius 1 is 1.29 bits per heavy atom. The summed E-state index contributed by atoms with van der Waals surface area (Å²) in [5.74, 6) is -0.102. The Morgan fingerprint density at radius 2 is 2.00 bits per heavy atom. The van der Waals surface area contributed by atoms with Gasteiger partial charge in [0.1, 0.15) is 0 Å². The zero-order chi connectivity index (χ0) is 12.6. The van der Waals surface area contributed by atoms with E-state index in [4.69, 9.17) is 4.55 Å². The van der Waals surface area contributed by atoms with Crippen LogP contribution in [0.15, 0.2) is 35.2 Å². The molecular formula is C10H10N2O4S. The minimum Gasteiger partial charge on any atom is -0.493 e. The minimum absolute atomic E-state index is 0.102. The third-order valence-electron chi connectivity index (χ3n) is 2.17. The van der Waals surface area contributed by atoms with Gasteiger partial charge in [0, 0.05) is 6.07 Å². The van der Waals surface area contributed by atoms with Crippen LogP contribution in [0, 0.1) is 6.92 Å². The third-order valence-corrected chi connectivity index (χ3v) is 3.02. The van der Waals surface area contributed by atoms with Crippen molar-refractivity contribution in [1.29, 1.82) is 0 Å². The zero-order valence-electron chi connectivity index (χ0n) is 8.90. The molecule has 2 N–H and O–H groups in total. The van der Waals surface area contributed by atoms with Gasteiger partial charge < -0.3 is 5.11 Å². The van der Waals surface area contributed by atoms with Crippen molar-refractivity contribution in [2.45, 2.75) is 11.8 Å². The van der Waals surface area contributed by atoms with Gasteiger partial charge in [-0.2, -0.15) is 13.5 Å². The second kappa shape index (κ2) is 3.86. The highest BCUT2D eigenvalue weighted by Crippen LogP contribution is 2.20. The van der Waals surface area contributed by atoms with Crippen molar-refractivity contribution in [1.82, 2.24) is 9.78 Å². The summed E-state index contributed by atoms with van der Waals surface area (Å²) in [6, 6.07) is 6.95. The molecule has 0 bridgehead atoms. The number of hydrogen-bond acceptors (Lipinski definition) is 4. The van der Waals surface area contributed by atoms with Crippen molar-refractivity contribution in [3.63, 3.8) is 0 Å². The molecule has 2 aromatic rings. The Bertz CT molecular complexity index is 661. The van der Waals surface area contributed by atoms with Crippen LogP contribution in [0.1, 0.15) is 5.69 Å². The maximum Gasteiger partial charge on any atom is 0.294 e. The number of aryl methyl sites for hydroxylation is 1. The van der Waals surface area contributed by atoms with E-state index in [0.29, 0.717) is 11.4 Å². The number of aromatic nitrogens is 2. The fourth-order valence-corrected chi connectivity index (χ4v) is 1.97. The molecule has 1 heterocycles. The summed E-state index contributed by atoms with van der Waals surface area (Å²) in [5.41, 5.74) is 0.950. The van der Waals surface area contributed by atoms with Crippen molar-refractivity contribution in [2.24, 2.45) is 0 Å². The molecule has 0 aliphatic rings. The highest BCUT2D eigenvalue weighted by atomic mass is 32.2. The number of rotatable bonds is 2. The normalized spacial score (nSPS) is 11.6. The Hall–Kier alpha value is -1.86. The average Bonchev–Trinajstić information content (AvgIpc) is 2.57. The summed E-state index contributed by atoms with van der Waals surface area (Å²) in [6.45, 7) is 1.70. The Morgan fingerprint density at radius 3 is 2.53 bits per heavy atom. The molecule has 1 aromatic heterocycles. The second-order valence-electron chi connectivity index (χ2n) is 3.53. The van der Waals surface area contributed by atoms with Gasteiger partial charge in [0.15, 0.2) is 0 Å². The van der Waals surface area contributed by atoms with Crippen LogP contribution in [0.25, 0.3) is 5.69 Å². The van der Waals surface area contributed by atoms with Crippen molar-refractivity contribution in [2.75, 3.05) is 0 Å². The van der Waals surface area contributed by atoms with E-state index in [9.17, 15) is 13.5 Å². The van der Waals surface area contributed by atoms with Crippen molar-refractivity contribution < 1.29 is 18.1 Å². The topological polar surface area (TPSA) is 92.4 Å². The molecule has 6 nitrogen and oxygen atoms in total. The molecule has 1 aromatic carbocycles. The van der Waals surface area contributed by atoms with Crippen LogP contribution in [0.4, 0.5) is 0 Å². The first-order chi connectivity index (χ1) is 7.88. The first-order valence-electron chi connectivity index (χ1n) is 4.71. The van der Waals surface area contributed by atoms with E-state index in [1.54, 1.807) is 13.0 Å². The first-order valence-corrected chi connectivity index (χ1v) is 6.15. The second-order valence-corrected chi connectivity index (χ2v) is 4.95. The van der Waals surface area contributed by atoms with Crippen LogP contribution in [-0.4, -0.2) is 27.9 Å². The van der Waals surface area contributed by atoms with Crippen LogP contribution in [-0.2, 0) is 10.1 Å². The summed E-state index contributed by atoms with van der Waals surface area (Å²) in [4.78, 5) is -0.248. The molecule has 0 atom stereocenters. The summed E-state index contributed by atoms with van der Waals surface area (Å²) in [6.07, 6.45) is 0. The molecule has 0 aliphatic carbocycles. The van der Waals surface area contributed by atoms with Crippen LogP contribution in [0.3, 0.4) is 0 Å². The van der Waals surface area contributed by atoms with Gasteiger partial charge in [0.25, 0.3) is 10.1 Å². The first kappa shape index (κ1) is 11.6. The quantitative estimate of drug-likeness (QED) is 0.784. The van der Waals surface area contributed by atoms with Crippen LogP contribution < -0.4 is 0 Å². The predicted octanol–water partition coefficient (Wildman–Crippen LogP) is 1.13. The molecule has 0 spiro atoms. The Balaban J connectivity index is 2.58. The molecule has 2 rings (SSSR count). The van der Waals surface area contributed by atoms with Crippen molar-refractivity contribution in [3.05, 3.63) is 36.0 Å². The average molecular weight is 254 g/mol. The number of nitrogens with zero attached hydrogens (tertiary/aromatic N) is 2. The van der Waals surface area contributed by atoms with E-state index >= 15 is 0 Å². The Labute approximate surface area is 97.9 Å². The fourth-order valence-electron chi connectivity index (χ4n) is 1.45. The molecule has 7 heteroatoms. The van der Waals surface area contributed by atoms with Gasteiger partial charge >= 0.3 is 0 Å². The van der Waals surface area contributed by atoms with E-state index in [1.807, 2.05) is 0 Å². The summed E-state index contributed by atoms with van der Waals surface area (Å²) < 4.78 is 32.0. The molecule has 0 saturated heterocycles. The summed E-state index contributed by atoms with van der Waals surface area (Å²) in [5, 5.41) is 13.6. The lowest BCUT2D eigenvalue weighted by molar-refractivity contribution is 0.433. The predicted molar refractivity (Wildman–Crippen MR) is 59.8 cm³/mol. The van der Waals surface area contributed by atoms with Gasteiger partial charge in [-0.1, -0.05) is 6.07 Å². The van der Waals surface area contributed by atoms with E-state index in [2.05, 4.69) is 5.10 Å². The van der Waals surface area contributed by atoms with E-state index in [-0.39, 0.29) is 10.8 Å². The largest absolute Gasteiger partial charge is 0.493 e. The molecule has 0 fully saturated rings. The highest BCUT2D eigenvalue weighted by molar-refractivity contribution is 7.85. The van der Waals surface area contributed by atoms with Gasteiger partial charge in [0.05, 0.1) is 16.3 Å². The molecule has 0 amide bonds. The smallest absolute Gasteiger partial charge is 0.294 e. The van der Waals surface area contributed by atoms with Crippen LogP contribution >= 0.6 is 0 Å². The van der Waals surface area contributed by atoms with Gasteiger partial charge in [-0.05, 0) is 25.1 Å². The molecule has 0 unspecified atom stereocenters. The van der Waals surface area contributed by atoms with Gasteiger partial charge in [-0.15, -0.1) is 0 Å². The number of benzene rings is 1. The number of aromatic hydroxyl groups is 1. The van der Waals surface area contributed by atoms with Gasteiger partial charge in [-0.3, -0.25) is 4.55 Å². The van der Waals surface area contributed by atoms with Crippen LogP contribution in [0.2, 0.25) is 0 Å². The molecular weight excluding hydrogens is 244 g/mol. The SMILES string of the molecule is Cc1cc(O)n(-c2cccc(S(=O)(=O)O)c2)n1. The maximum absolute atomic E-state index is 11.0. The lowest BCUT2D eigenvalue weighted by Crippen LogP contribution is -2.01. The van der Waals surface area contributed by atoms with Crippen molar-refractivity contribution >= 4 is 10.1 Å². The monoisotopic (exact) mass is 254 g/mol. The number of hydrogen-bond donors (Lipinski definition) is 2. The summed E-state index contributed by atoms with van der Waals surface area (Å²) in [7, 11) is -4.26. The van der Waals surface area contributed by atoms with Crippen LogP contribution in [0.5, 0.6) is 5.88 Å².